The first-order chi connectivity index (χ1) is 16.2. The molecule has 1 aliphatic rings. The lowest BCUT2D eigenvalue weighted by molar-refractivity contribution is -0.185. The molecule has 0 spiro atoms. The van der Waals surface area contributed by atoms with Gasteiger partial charge in [-0.2, -0.15) is 13.2 Å². The minimum absolute atomic E-state index is 0.000846. The molecule has 0 atom stereocenters. The number of hydrogen-bond acceptors (Lipinski definition) is 5. The number of carbonyl (C=O) groups excluding carboxylic acids is 2. The summed E-state index contributed by atoms with van der Waals surface area (Å²) in [4.78, 5) is 26.5. The van der Waals surface area contributed by atoms with Crippen LogP contribution in [0.1, 0.15) is 23.7 Å². The summed E-state index contributed by atoms with van der Waals surface area (Å²) in [5.74, 6) is -1.57. The Kier molecular flexibility index (Phi) is 8.32. The van der Waals surface area contributed by atoms with Gasteiger partial charge in [0.25, 0.3) is 5.91 Å². The Balaban J connectivity index is 1.50. The van der Waals surface area contributed by atoms with E-state index in [1.54, 1.807) is 48.5 Å². The molecular formula is C23H25F3N4O3S. The van der Waals surface area contributed by atoms with Crippen molar-refractivity contribution in [1.82, 2.24) is 10.2 Å². The number of piperazine rings is 1. The standard InChI is InChI=1S/C23H25F3N4O3S/c1-2-14-33-19-5-3-4-16(15-19)20(31)28-22(34)27-17-6-8-18(9-7-17)29-10-12-30(13-11-29)21(32)23(24,25)26/h3-9,15H,2,10-14H2,1H3,(H2,27,28,31,34). The van der Waals surface area contributed by atoms with Gasteiger partial charge in [-0.25, -0.2) is 0 Å². The molecule has 1 fully saturated rings. The molecule has 2 N–H and O–H groups in total. The number of halogens is 3. The quantitative estimate of drug-likeness (QED) is 0.595. The zero-order valence-electron chi connectivity index (χ0n) is 18.5. The van der Waals surface area contributed by atoms with Crippen molar-refractivity contribution in [2.24, 2.45) is 0 Å². The fraction of sp³-hybridized carbons (Fsp3) is 0.348. The van der Waals surface area contributed by atoms with Gasteiger partial charge in [0.05, 0.1) is 6.61 Å². The summed E-state index contributed by atoms with van der Waals surface area (Å²) in [5, 5.41) is 5.67. The van der Waals surface area contributed by atoms with E-state index in [9.17, 15) is 22.8 Å². The number of rotatable bonds is 6. The molecule has 2 aromatic carbocycles. The predicted molar refractivity (Wildman–Crippen MR) is 127 cm³/mol. The van der Waals surface area contributed by atoms with E-state index in [1.165, 1.54) is 0 Å². The van der Waals surface area contributed by atoms with Gasteiger partial charge in [-0.3, -0.25) is 14.9 Å². The smallest absolute Gasteiger partial charge is 0.471 e. The molecular weight excluding hydrogens is 469 g/mol. The molecule has 3 rings (SSSR count). The summed E-state index contributed by atoms with van der Waals surface area (Å²) >= 11 is 5.23. The third kappa shape index (κ3) is 6.83. The number of alkyl halides is 3. The normalized spacial score (nSPS) is 13.9. The fourth-order valence-corrected chi connectivity index (χ4v) is 3.60. The van der Waals surface area contributed by atoms with E-state index in [1.807, 2.05) is 11.8 Å². The van der Waals surface area contributed by atoms with Crippen LogP contribution >= 0.6 is 12.2 Å². The number of amides is 2. The second kappa shape index (κ2) is 11.2. The second-order valence-corrected chi connectivity index (χ2v) is 8.02. The van der Waals surface area contributed by atoms with E-state index in [0.717, 1.165) is 17.0 Å². The van der Waals surface area contributed by atoms with E-state index in [0.29, 0.717) is 36.7 Å². The van der Waals surface area contributed by atoms with Gasteiger partial charge in [0, 0.05) is 43.1 Å². The lowest BCUT2D eigenvalue weighted by Crippen LogP contribution is -2.52. The number of anilines is 2. The van der Waals surface area contributed by atoms with Gasteiger partial charge in [0.2, 0.25) is 0 Å². The fourth-order valence-electron chi connectivity index (χ4n) is 3.39. The largest absolute Gasteiger partial charge is 0.494 e. The molecule has 0 aromatic heterocycles. The van der Waals surface area contributed by atoms with Crippen molar-refractivity contribution >= 4 is 40.5 Å². The highest BCUT2D eigenvalue weighted by Crippen LogP contribution is 2.23. The summed E-state index contributed by atoms with van der Waals surface area (Å²) in [6.45, 7) is 3.14. The molecule has 0 aliphatic carbocycles. The van der Waals surface area contributed by atoms with Gasteiger partial charge in [0.15, 0.2) is 5.11 Å². The van der Waals surface area contributed by atoms with E-state index >= 15 is 0 Å². The van der Waals surface area contributed by atoms with Gasteiger partial charge >= 0.3 is 12.1 Å². The third-order valence-corrected chi connectivity index (χ3v) is 5.30. The molecule has 2 amide bonds. The van der Waals surface area contributed by atoms with Crippen molar-refractivity contribution in [2.45, 2.75) is 19.5 Å². The van der Waals surface area contributed by atoms with Crippen LogP contribution < -0.4 is 20.3 Å². The first-order valence-electron chi connectivity index (χ1n) is 10.7. The van der Waals surface area contributed by atoms with Crippen LogP contribution in [0.2, 0.25) is 0 Å². The topological polar surface area (TPSA) is 73.9 Å². The number of nitrogens with one attached hydrogen (secondary N) is 2. The van der Waals surface area contributed by atoms with Crippen molar-refractivity contribution in [1.29, 1.82) is 0 Å². The molecule has 1 aliphatic heterocycles. The molecule has 34 heavy (non-hydrogen) atoms. The Hall–Kier alpha value is -3.34. The molecule has 0 radical (unpaired) electrons. The SMILES string of the molecule is CCCOc1cccc(C(=O)NC(=S)Nc2ccc(N3CCN(C(=O)C(F)(F)F)CC3)cc2)c1. The van der Waals surface area contributed by atoms with E-state index in [-0.39, 0.29) is 24.1 Å². The summed E-state index contributed by atoms with van der Waals surface area (Å²) in [6, 6.07) is 13.9. The molecule has 0 unspecified atom stereocenters. The second-order valence-electron chi connectivity index (χ2n) is 7.61. The highest BCUT2D eigenvalue weighted by Gasteiger charge is 2.43. The first kappa shape index (κ1) is 25.3. The molecule has 7 nitrogen and oxygen atoms in total. The number of ether oxygens (including phenoxy) is 1. The van der Waals surface area contributed by atoms with Crippen molar-refractivity contribution in [3.8, 4) is 5.75 Å². The van der Waals surface area contributed by atoms with E-state index < -0.39 is 12.1 Å². The van der Waals surface area contributed by atoms with Crippen LogP contribution in [0.25, 0.3) is 0 Å². The number of carbonyl (C=O) groups is 2. The first-order valence-corrected chi connectivity index (χ1v) is 11.1. The van der Waals surface area contributed by atoms with Crippen molar-refractivity contribution in [3.05, 3.63) is 54.1 Å². The van der Waals surface area contributed by atoms with Gasteiger partial charge < -0.3 is 19.9 Å². The molecule has 1 saturated heterocycles. The highest BCUT2D eigenvalue weighted by atomic mass is 32.1. The zero-order valence-corrected chi connectivity index (χ0v) is 19.3. The van der Waals surface area contributed by atoms with Gasteiger partial charge in [-0.15, -0.1) is 0 Å². The van der Waals surface area contributed by atoms with Gasteiger partial charge in [-0.1, -0.05) is 13.0 Å². The Bertz CT molecular complexity index is 1020. The summed E-state index contributed by atoms with van der Waals surface area (Å²) < 4.78 is 43.3. The van der Waals surface area contributed by atoms with Crippen LogP contribution in [0.3, 0.4) is 0 Å². The van der Waals surface area contributed by atoms with Crippen molar-refractivity contribution in [2.75, 3.05) is 43.0 Å². The van der Waals surface area contributed by atoms with E-state index in [4.69, 9.17) is 17.0 Å². The van der Waals surface area contributed by atoms with Gasteiger partial charge in [0.1, 0.15) is 5.75 Å². The van der Waals surface area contributed by atoms with E-state index in [2.05, 4.69) is 10.6 Å². The van der Waals surface area contributed by atoms with Crippen molar-refractivity contribution < 1.29 is 27.5 Å². The minimum Gasteiger partial charge on any atom is -0.494 e. The highest BCUT2D eigenvalue weighted by molar-refractivity contribution is 7.80. The lowest BCUT2D eigenvalue weighted by atomic mass is 10.2. The molecule has 182 valence electrons. The van der Waals surface area contributed by atoms with Crippen LogP contribution in [0.15, 0.2) is 48.5 Å². The van der Waals surface area contributed by atoms with Crippen LogP contribution in [0, 0.1) is 0 Å². The van der Waals surface area contributed by atoms with Crippen LogP contribution in [-0.4, -0.2) is 60.8 Å². The molecule has 0 bridgehead atoms. The molecule has 2 aromatic rings. The Labute approximate surface area is 200 Å². The number of benzene rings is 2. The molecule has 11 heteroatoms. The van der Waals surface area contributed by atoms with Crippen LogP contribution in [-0.2, 0) is 4.79 Å². The average molecular weight is 495 g/mol. The number of nitrogens with zero attached hydrogens (tertiary/aromatic N) is 2. The summed E-state index contributed by atoms with van der Waals surface area (Å²) in [5.41, 5.74) is 1.86. The Morgan fingerprint density at radius 2 is 1.74 bits per heavy atom. The van der Waals surface area contributed by atoms with Crippen LogP contribution in [0.4, 0.5) is 24.5 Å². The van der Waals surface area contributed by atoms with Crippen molar-refractivity contribution in [3.63, 3.8) is 0 Å². The third-order valence-electron chi connectivity index (χ3n) is 5.10. The van der Waals surface area contributed by atoms with Crippen LogP contribution in [0.5, 0.6) is 5.75 Å². The maximum atomic E-state index is 12.6. The number of hydrogen-bond donors (Lipinski definition) is 2. The van der Waals surface area contributed by atoms with Gasteiger partial charge in [-0.05, 0) is 61.1 Å². The summed E-state index contributed by atoms with van der Waals surface area (Å²) in [7, 11) is 0. The Morgan fingerprint density at radius 3 is 2.35 bits per heavy atom. The maximum absolute atomic E-state index is 12.6. The maximum Gasteiger partial charge on any atom is 0.471 e. The minimum atomic E-state index is -4.85. The monoisotopic (exact) mass is 494 g/mol. The molecule has 1 heterocycles. The zero-order chi connectivity index (χ0) is 24.7. The lowest BCUT2D eigenvalue weighted by Gasteiger charge is -2.36. The molecule has 0 saturated carbocycles. The Morgan fingerprint density at radius 1 is 1.06 bits per heavy atom. The summed E-state index contributed by atoms with van der Waals surface area (Å²) in [6.07, 6.45) is -3.99. The average Bonchev–Trinajstić information content (AvgIpc) is 2.82. The number of thiocarbonyl (C=S) groups is 1. The predicted octanol–water partition coefficient (Wildman–Crippen LogP) is 3.81.